The zero-order valence-electron chi connectivity index (χ0n) is 8.30. The van der Waals surface area contributed by atoms with E-state index in [0.29, 0.717) is 17.5 Å². The van der Waals surface area contributed by atoms with Crippen LogP contribution >= 0.6 is 0 Å². The molecular weight excluding hydrogens is 219 g/mol. The molecule has 2 N–H and O–H groups in total. The van der Waals surface area contributed by atoms with Crippen molar-refractivity contribution in [2.24, 2.45) is 0 Å². The first-order chi connectivity index (χ1) is 7.52. The Kier molecular flexibility index (Phi) is 2.63. The number of fused-ring (bicyclic) bond motifs is 1. The smallest absolute Gasteiger partial charge is 0.396 e. The fourth-order valence-corrected chi connectivity index (χ4v) is 1.71. The fraction of sp³-hybridized carbons (Fsp3) is 0.273. The normalized spacial score (nSPS) is 12.2. The molecule has 1 heterocycles. The van der Waals surface area contributed by atoms with E-state index in [2.05, 4.69) is 4.98 Å². The SMILES string of the molecule is OCCc1cc2cccc(C(F)(F)F)c2[nH]1. The number of benzene rings is 1. The standard InChI is InChI=1S/C11H10F3NO/c12-11(13,14)9-3-1-2-7-6-8(4-5-16)15-10(7)9/h1-3,6,15-16H,4-5H2. The first-order valence-electron chi connectivity index (χ1n) is 4.81. The molecule has 1 aromatic carbocycles. The Morgan fingerprint density at radius 1 is 1.25 bits per heavy atom. The number of aromatic nitrogens is 1. The van der Waals surface area contributed by atoms with Gasteiger partial charge in [-0.25, -0.2) is 0 Å². The van der Waals surface area contributed by atoms with Gasteiger partial charge in [0.25, 0.3) is 0 Å². The topological polar surface area (TPSA) is 36.0 Å². The number of para-hydroxylation sites is 1. The Balaban J connectivity index is 2.59. The minimum Gasteiger partial charge on any atom is -0.396 e. The Morgan fingerprint density at radius 3 is 2.62 bits per heavy atom. The van der Waals surface area contributed by atoms with Crippen LogP contribution in [0.2, 0.25) is 0 Å². The van der Waals surface area contributed by atoms with Gasteiger partial charge >= 0.3 is 6.18 Å². The summed E-state index contributed by atoms with van der Waals surface area (Å²) in [6.45, 7) is -0.0891. The summed E-state index contributed by atoms with van der Waals surface area (Å²) in [5, 5.41) is 9.24. The van der Waals surface area contributed by atoms with Gasteiger partial charge in [-0.3, -0.25) is 0 Å². The molecule has 0 aliphatic heterocycles. The second kappa shape index (κ2) is 3.83. The van der Waals surface area contributed by atoms with Gasteiger partial charge in [-0.1, -0.05) is 12.1 Å². The van der Waals surface area contributed by atoms with Crippen LogP contribution in [0.5, 0.6) is 0 Å². The highest BCUT2D eigenvalue weighted by Crippen LogP contribution is 2.34. The molecule has 0 saturated carbocycles. The number of hydrogen-bond acceptors (Lipinski definition) is 1. The quantitative estimate of drug-likeness (QED) is 0.816. The van der Waals surface area contributed by atoms with Gasteiger partial charge in [0.1, 0.15) is 0 Å². The van der Waals surface area contributed by atoms with Crippen LogP contribution in [0, 0.1) is 0 Å². The van der Waals surface area contributed by atoms with Crippen molar-refractivity contribution in [3.05, 3.63) is 35.5 Å². The summed E-state index contributed by atoms with van der Waals surface area (Å²) in [6, 6.07) is 5.66. The summed E-state index contributed by atoms with van der Waals surface area (Å²) in [7, 11) is 0. The predicted octanol–water partition coefficient (Wildman–Crippen LogP) is 2.72. The van der Waals surface area contributed by atoms with Gasteiger partial charge in [-0.2, -0.15) is 13.2 Å². The molecule has 2 aromatic rings. The Morgan fingerprint density at radius 2 is 2.00 bits per heavy atom. The number of aromatic amines is 1. The van der Waals surface area contributed by atoms with Gasteiger partial charge < -0.3 is 10.1 Å². The van der Waals surface area contributed by atoms with E-state index in [1.807, 2.05) is 0 Å². The average molecular weight is 229 g/mol. The highest BCUT2D eigenvalue weighted by Gasteiger charge is 2.32. The maximum absolute atomic E-state index is 12.6. The van der Waals surface area contributed by atoms with Crippen molar-refractivity contribution in [3.8, 4) is 0 Å². The summed E-state index contributed by atoms with van der Waals surface area (Å²) in [6.07, 6.45) is -4.03. The lowest BCUT2D eigenvalue weighted by atomic mass is 10.1. The average Bonchev–Trinajstić information content (AvgIpc) is 2.58. The molecule has 0 atom stereocenters. The largest absolute Gasteiger partial charge is 0.418 e. The van der Waals surface area contributed by atoms with Gasteiger partial charge in [-0.15, -0.1) is 0 Å². The highest BCUT2D eigenvalue weighted by molar-refractivity contribution is 5.84. The van der Waals surface area contributed by atoms with Gasteiger partial charge in [0, 0.05) is 24.1 Å². The molecule has 2 nitrogen and oxygen atoms in total. The zero-order valence-corrected chi connectivity index (χ0v) is 8.30. The van der Waals surface area contributed by atoms with Crippen molar-refractivity contribution in [1.82, 2.24) is 4.98 Å². The van der Waals surface area contributed by atoms with Crippen molar-refractivity contribution in [2.45, 2.75) is 12.6 Å². The number of aliphatic hydroxyl groups excluding tert-OH is 1. The van der Waals surface area contributed by atoms with E-state index in [0.717, 1.165) is 6.07 Å². The van der Waals surface area contributed by atoms with Crippen molar-refractivity contribution in [1.29, 1.82) is 0 Å². The van der Waals surface area contributed by atoms with E-state index in [4.69, 9.17) is 5.11 Å². The van der Waals surface area contributed by atoms with Crippen molar-refractivity contribution < 1.29 is 18.3 Å². The summed E-state index contributed by atoms with van der Waals surface area (Å²) < 4.78 is 37.9. The van der Waals surface area contributed by atoms with Crippen molar-refractivity contribution >= 4 is 10.9 Å². The van der Waals surface area contributed by atoms with Crippen LogP contribution in [0.1, 0.15) is 11.3 Å². The third-order valence-electron chi connectivity index (χ3n) is 2.40. The number of alkyl halides is 3. The molecule has 0 unspecified atom stereocenters. The molecule has 0 fully saturated rings. The predicted molar refractivity (Wildman–Crippen MR) is 54.1 cm³/mol. The minimum atomic E-state index is -4.36. The molecule has 0 aliphatic rings. The maximum atomic E-state index is 12.6. The molecule has 0 saturated heterocycles. The number of halogens is 3. The molecule has 1 aromatic heterocycles. The second-order valence-corrected chi connectivity index (χ2v) is 3.54. The van der Waals surface area contributed by atoms with Crippen molar-refractivity contribution in [2.75, 3.05) is 6.61 Å². The summed E-state index contributed by atoms with van der Waals surface area (Å²) in [5.41, 5.74) is 0.0156. The van der Waals surface area contributed by atoms with Crippen LogP contribution < -0.4 is 0 Å². The Bertz CT molecular complexity index is 501. The number of aliphatic hydroxyl groups is 1. The Hall–Kier alpha value is -1.49. The molecule has 16 heavy (non-hydrogen) atoms. The molecule has 2 rings (SSSR count). The third-order valence-corrected chi connectivity index (χ3v) is 2.40. The lowest BCUT2D eigenvalue weighted by Crippen LogP contribution is -2.05. The summed E-state index contributed by atoms with van der Waals surface area (Å²) in [4.78, 5) is 2.69. The molecule has 0 radical (unpaired) electrons. The van der Waals surface area contributed by atoms with Crippen LogP contribution in [-0.4, -0.2) is 16.7 Å². The van der Waals surface area contributed by atoms with E-state index in [1.165, 1.54) is 6.07 Å². The zero-order chi connectivity index (χ0) is 11.8. The van der Waals surface area contributed by atoms with Crippen molar-refractivity contribution in [3.63, 3.8) is 0 Å². The van der Waals surface area contributed by atoms with E-state index < -0.39 is 11.7 Å². The molecule has 0 amide bonds. The highest BCUT2D eigenvalue weighted by atomic mass is 19.4. The third kappa shape index (κ3) is 1.90. The van der Waals surface area contributed by atoms with E-state index in [9.17, 15) is 13.2 Å². The minimum absolute atomic E-state index is 0.0819. The van der Waals surface area contributed by atoms with Crippen LogP contribution in [0.3, 0.4) is 0 Å². The molecular formula is C11H10F3NO. The summed E-state index contributed by atoms with van der Waals surface area (Å²) >= 11 is 0. The summed E-state index contributed by atoms with van der Waals surface area (Å²) in [5.74, 6) is 0. The van der Waals surface area contributed by atoms with Gasteiger partial charge in [0.15, 0.2) is 0 Å². The molecule has 5 heteroatoms. The number of hydrogen-bond donors (Lipinski definition) is 2. The first kappa shape index (κ1) is 11.0. The Labute approximate surface area is 89.7 Å². The lowest BCUT2D eigenvalue weighted by Gasteiger charge is -2.07. The molecule has 0 spiro atoms. The van der Waals surface area contributed by atoms with Gasteiger partial charge in [-0.05, 0) is 12.1 Å². The van der Waals surface area contributed by atoms with Gasteiger partial charge in [0.2, 0.25) is 0 Å². The number of rotatable bonds is 2. The van der Waals surface area contributed by atoms with E-state index in [-0.39, 0.29) is 12.1 Å². The molecule has 86 valence electrons. The van der Waals surface area contributed by atoms with Crippen LogP contribution in [0.15, 0.2) is 24.3 Å². The lowest BCUT2D eigenvalue weighted by molar-refractivity contribution is -0.136. The number of nitrogens with one attached hydrogen (secondary N) is 1. The number of H-pyrrole nitrogens is 1. The molecule has 0 aliphatic carbocycles. The fourth-order valence-electron chi connectivity index (χ4n) is 1.71. The maximum Gasteiger partial charge on any atom is 0.418 e. The second-order valence-electron chi connectivity index (χ2n) is 3.54. The van der Waals surface area contributed by atoms with Crippen LogP contribution in [-0.2, 0) is 12.6 Å². The van der Waals surface area contributed by atoms with Crippen LogP contribution in [0.4, 0.5) is 13.2 Å². The monoisotopic (exact) mass is 229 g/mol. The molecule has 0 bridgehead atoms. The van der Waals surface area contributed by atoms with E-state index in [1.54, 1.807) is 12.1 Å². The van der Waals surface area contributed by atoms with Gasteiger partial charge in [0.05, 0.1) is 11.1 Å². The van der Waals surface area contributed by atoms with E-state index >= 15 is 0 Å². The first-order valence-corrected chi connectivity index (χ1v) is 4.81. The van der Waals surface area contributed by atoms with Crippen LogP contribution in [0.25, 0.3) is 10.9 Å².